The molecule has 0 unspecified atom stereocenters. The summed E-state index contributed by atoms with van der Waals surface area (Å²) in [6.45, 7) is 1.24. The number of anilines is 2. The van der Waals surface area contributed by atoms with Crippen LogP contribution in [0.5, 0.6) is 0 Å². The van der Waals surface area contributed by atoms with Gasteiger partial charge in [-0.15, -0.1) is 0 Å². The molecular weight excluding hydrogens is 677 g/mol. The van der Waals surface area contributed by atoms with Crippen molar-refractivity contribution in [3.8, 4) is 0 Å². The molecule has 1 aliphatic heterocycles. The number of hydrogen-bond acceptors (Lipinski definition) is 8. The van der Waals surface area contributed by atoms with E-state index in [4.69, 9.17) is 0 Å². The molecule has 0 atom stereocenters. The van der Waals surface area contributed by atoms with E-state index in [-0.39, 0.29) is 21.6 Å². The quantitative estimate of drug-likeness (QED) is 0.224. The highest BCUT2D eigenvalue weighted by Gasteiger charge is 2.26. The molecule has 0 bridgehead atoms. The fourth-order valence-electron chi connectivity index (χ4n) is 5.85. The van der Waals surface area contributed by atoms with E-state index in [1.807, 2.05) is 0 Å². The minimum Gasteiger partial charge on any atom is -0.335 e. The Morgan fingerprint density at radius 1 is 0.500 bits per heavy atom. The zero-order chi connectivity index (χ0) is 34.9. The normalized spacial score (nSPS) is 13.7. The minimum absolute atomic E-state index is 0.0541. The molecule has 6 aromatic rings. The number of nitrogens with one attached hydrogen (secondary N) is 2. The Balaban J connectivity index is 0.948. The molecule has 1 saturated heterocycles. The lowest BCUT2D eigenvalue weighted by atomic mass is 10.1. The maximum Gasteiger partial charge on any atom is 0.264 e. The average molecular weight is 707 g/mol. The first-order valence-corrected chi connectivity index (χ1v) is 18.6. The molecule has 0 aliphatic carbocycles. The van der Waals surface area contributed by atoms with Crippen LogP contribution in [0, 0.1) is 0 Å². The van der Waals surface area contributed by atoms with Gasteiger partial charge in [0.05, 0.1) is 11.0 Å². The van der Waals surface area contributed by atoms with Crippen LogP contribution in [0.15, 0.2) is 131 Å². The molecule has 0 radical (unpaired) electrons. The molecule has 0 spiro atoms. The Bertz CT molecular complexity index is 2280. The number of pyridine rings is 2. The van der Waals surface area contributed by atoms with Gasteiger partial charge in [-0.3, -0.25) is 29.0 Å². The van der Waals surface area contributed by atoms with E-state index in [1.54, 1.807) is 82.6 Å². The highest BCUT2D eigenvalue weighted by molar-refractivity contribution is 7.93. The summed E-state index contributed by atoms with van der Waals surface area (Å²) < 4.78 is 57.7. The first kappa shape index (κ1) is 32.7. The third-order valence-electron chi connectivity index (χ3n) is 8.39. The summed E-state index contributed by atoms with van der Waals surface area (Å²) in [6.07, 6.45) is 3.08. The van der Waals surface area contributed by atoms with E-state index in [1.165, 1.54) is 48.8 Å². The van der Waals surface area contributed by atoms with Crippen LogP contribution in [0.3, 0.4) is 0 Å². The van der Waals surface area contributed by atoms with Gasteiger partial charge in [0.1, 0.15) is 9.79 Å². The number of carbonyl (C=O) groups is 2. The first-order valence-electron chi connectivity index (χ1n) is 15.6. The Hall–Kier alpha value is -5.86. The summed E-state index contributed by atoms with van der Waals surface area (Å²) in [5.74, 6) is -0.467. The molecule has 0 saturated carbocycles. The van der Waals surface area contributed by atoms with Gasteiger partial charge in [-0.25, -0.2) is 16.8 Å². The van der Waals surface area contributed by atoms with E-state index in [2.05, 4.69) is 19.4 Å². The van der Waals surface area contributed by atoms with Crippen LogP contribution in [0.4, 0.5) is 11.4 Å². The summed E-state index contributed by atoms with van der Waals surface area (Å²) in [5, 5.41) is 1.40. The first-order chi connectivity index (χ1) is 24.1. The molecule has 1 aliphatic rings. The van der Waals surface area contributed by atoms with Crippen molar-refractivity contribution in [3.05, 3.63) is 133 Å². The van der Waals surface area contributed by atoms with E-state index < -0.39 is 20.0 Å². The standard InChI is InChI=1S/C36H30N6O6S2/c43-35(27-11-15-29(16-12-27)39-49(45,46)31-9-1-5-25-7-3-19-37-33(25)31)41-21-23-42(24-22-41)36(44)28-13-17-30(18-14-28)40-50(47,48)32-10-2-6-26-8-4-20-38-34(26)32/h1-20,39-40H,21-24H2. The van der Waals surface area contributed by atoms with Crippen LogP contribution < -0.4 is 9.44 Å². The van der Waals surface area contributed by atoms with Crippen LogP contribution in [0.25, 0.3) is 21.8 Å². The van der Waals surface area contributed by atoms with E-state index in [0.29, 0.717) is 70.5 Å². The van der Waals surface area contributed by atoms with Crippen LogP contribution in [-0.2, 0) is 20.0 Å². The molecule has 2 amide bonds. The van der Waals surface area contributed by atoms with Gasteiger partial charge in [-0.2, -0.15) is 0 Å². The maximum atomic E-state index is 13.3. The van der Waals surface area contributed by atoms with Crippen molar-refractivity contribution in [1.82, 2.24) is 19.8 Å². The van der Waals surface area contributed by atoms with Gasteiger partial charge < -0.3 is 9.80 Å². The molecule has 4 aromatic carbocycles. The predicted molar refractivity (Wildman–Crippen MR) is 190 cm³/mol. The number of hydrogen-bond donors (Lipinski definition) is 2. The Morgan fingerprint density at radius 3 is 1.24 bits per heavy atom. The fourth-order valence-corrected chi connectivity index (χ4v) is 8.32. The molecule has 252 valence electrons. The van der Waals surface area contributed by atoms with Crippen LogP contribution >= 0.6 is 0 Å². The summed E-state index contributed by atoms with van der Waals surface area (Å²) in [4.78, 5) is 38.4. The number of para-hydroxylation sites is 2. The number of rotatable bonds is 8. The average Bonchev–Trinajstić information content (AvgIpc) is 3.14. The van der Waals surface area contributed by atoms with Gasteiger partial charge in [-0.1, -0.05) is 36.4 Å². The number of nitrogens with zero attached hydrogens (tertiary/aromatic N) is 4. The SMILES string of the molecule is O=C(c1ccc(NS(=O)(=O)c2cccc3cccnc23)cc1)N1CCN(C(=O)c2ccc(NS(=O)(=O)c3cccc4cccnc34)cc2)CC1. The van der Waals surface area contributed by atoms with Gasteiger partial charge in [0.25, 0.3) is 31.9 Å². The van der Waals surface area contributed by atoms with Gasteiger partial charge in [0.2, 0.25) is 0 Å². The van der Waals surface area contributed by atoms with Crippen molar-refractivity contribution in [3.63, 3.8) is 0 Å². The van der Waals surface area contributed by atoms with Crippen molar-refractivity contribution >= 4 is 65.0 Å². The van der Waals surface area contributed by atoms with Gasteiger partial charge in [-0.05, 0) is 72.8 Å². The van der Waals surface area contributed by atoms with Gasteiger partial charge >= 0.3 is 0 Å². The number of fused-ring (bicyclic) bond motifs is 2. The number of aromatic nitrogens is 2. The van der Waals surface area contributed by atoms with Crippen LogP contribution in [0.2, 0.25) is 0 Å². The van der Waals surface area contributed by atoms with E-state index in [0.717, 1.165) is 0 Å². The lowest BCUT2D eigenvalue weighted by Gasteiger charge is -2.35. The van der Waals surface area contributed by atoms with Crippen LogP contribution in [-0.4, -0.2) is 74.6 Å². The number of carbonyl (C=O) groups excluding carboxylic acids is 2. The lowest BCUT2D eigenvalue weighted by molar-refractivity contribution is 0.0535. The number of piperazine rings is 1. The van der Waals surface area contributed by atoms with E-state index >= 15 is 0 Å². The summed E-state index contributed by atoms with van der Waals surface area (Å²) >= 11 is 0. The molecular formula is C36H30N6O6S2. The number of benzene rings is 4. The molecule has 12 nitrogen and oxygen atoms in total. The topological polar surface area (TPSA) is 159 Å². The summed E-state index contributed by atoms with van der Waals surface area (Å²) in [5.41, 5.74) is 2.10. The molecule has 3 heterocycles. The smallest absolute Gasteiger partial charge is 0.264 e. The fraction of sp³-hybridized carbons (Fsp3) is 0.111. The predicted octanol–water partition coefficient (Wildman–Crippen LogP) is 4.98. The zero-order valence-electron chi connectivity index (χ0n) is 26.4. The zero-order valence-corrected chi connectivity index (χ0v) is 28.1. The van der Waals surface area contributed by atoms with Gasteiger partial charge in [0.15, 0.2) is 0 Å². The largest absolute Gasteiger partial charge is 0.335 e. The highest BCUT2D eigenvalue weighted by atomic mass is 32.2. The van der Waals surface area contributed by atoms with Crippen LogP contribution in [0.1, 0.15) is 20.7 Å². The third-order valence-corrected chi connectivity index (χ3v) is 11.2. The van der Waals surface area contributed by atoms with Gasteiger partial charge in [0, 0.05) is 71.8 Å². The van der Waals surface area contributed by atoms with Crippen molar-refractivity contribution in [1.29, 1.82) is 0 Å². The van der Waals surface area contributed by atoms with Crippen molar-refractivity contribution in [2.45, 2.75) is 9.79 Å². The number of amides is 2. The van der Waals surface area contributed by atoms with E-state index in [9.17, 15) is 26.4 Å². The second-order valence-corrected chi connectivity index (χ2v) is 14.9. The van der Waals surface area contributed by atoms with Crippen molar-refractivity contribution < 1.29 is 26.4 Å². The third kappa shape index (κ3) is 6.58. The molecule has 1 fully saturated rings. The highest BCUT2D eigenvalue weighted by Crippen LogP contribution is 2.25. The summed E-state index contributed by atoms with van der Waals surface area (Å²) in [7, 11) is -7.88. The molecule has 14 heteroatoms. The lowest BCUT2D eigenvalue weighted by Crippen LogP contribution is -2.50. The molecule has 2 N–H and O–H groups in total. The number of sulfonamides is 2. The molecule has 50 heavy (non-hydrogen) atoms. The van der Waals surface area contributed by atoms with Crippen molar-refractivity contribution in [2.75, 3.05) is 35.6 Å². The Labute approximate surface area is 288 Å². The second-order valence-electron chi connectivity index (χ2n) is 11.6. The monoisotopic (exact) mass is 706 g/mol. The summed E-state index contributed by atoms with van der Waals surface area (Å²) in [6, 6.07) is 29.3. The minimum atomic E-state index is -3.94. The second kappa shape index (κ2) is 13.2. The Morgan fingerprint density at radius 2 is 0.860 bits per heavy atom. The molecule has 7 rings (SSSR count). The van der Waals surface area contributed by atoms with Crippen molar-refractivity contribution in [2.24, 2.45) is 0 Å². The molecule has 2 aromatic heterocycles. The maximum absolute atomic E-state index is 13.3. The Kier molecular flexibility index (Phi) is 8.64.